The number of hydrogen-bond acceptors (Lipinski definition) is 3. The largest absolute Gasteiger partial charge is 0.294 e. The lowest BCUT2D eigenvalue weighted by atomic mass is 9.96. The maximum atomic E-state index is 12.1. The molecule has 1 aliphatic carbocycles. The lowest BCUT2D eigenvalue weighted by molar-refractivity contribution is 0.0961. The Morgan fingerprint density at radius 1 is 1.31 bits per heavy atom. The minimum Gasteiger partial charge on any atom is -0.294 e. The molecule has 1 aromatic heterocycles. The van der Waals surface area contributed by atoms with E-state index in [1.54, 1.807) is 0 Å². The van der Waals surface area contributed by atoms with Crippen LogP contribution in [0.25, 0.3) is 0 Å². The molecule has 3 heteroatoms. The molecular formula is C13H18N2O. The van der Waals surface area contributed by atoms with Gasteiger partial charge in [-0.1, -0.05) is 25.7 Å². The van der Waals surface area contributed by atoms with Crippen LogP contribution in [0.15, 0.2) is 6.07 Å². The summed E-state index contributed by atoms with van der Waals surface area (Å²) in [6, 6.07) is 1.86. The van der Waals surface area contributed by atoms with Gasteiger partial charge in [-0.05, 0) is 25.8 Å². The smallest absolute Gasteiger partial charge is 0.165 e. The van der Waals surface area contributed by atoms with E-state index >= 15 is 0 Å². The molecule has 86 valence electrons. The third-order valence-corrected chi connectivity index (χ3v) is 3.35. The fraction of sp³-hybridized carbons (Fsp3) is 0.615. The number of carbonyl (C=O) groups excluding carboxylic acids is 1. The molecule has 16 heavy (non-hydrogen) atoms. The molecule has 0 saturated heterocycles. The second-order valence-electron chi connectivity index (χ2n) is 4.76. The third-order valence-electron chi connectivity index (χ3n) is 3.35. The van der Waals surface area contributed by atoms with E-state index in [1.165, 1.54) is 25.7 Å². The summed E-state index contributed by atoms with van der Waals surface area (Å²) in [6.07, 6.45) is 5.67. The van der Waals surface area contributed by atoms with Crippen molar-refractivity contribution >= 4 is 5.78 Å². The van der Waals surface area contributed by atoms with Gasteiger partial charge in [-0.2, -0.15) is 10.2 Å². The molecule has 0 amide bonds. The van der Waals surface area contributed by atoms with Crippen LogP contribution in [0.2, 0.25) is 0 Å². The van der Waals surface area contributed by atoms with Gasteiger partial charge >= 0.3 is 0 Å². The van der Waals surface area contributed by atoms with Crippen LogP contribution in [0.5, 0.6) is 0 Å². The zero-order valence-electron chi connectivity index (χ0n) is 9.99. The zero-order valence-corrected chi connectivity index (χ0v) is 9.99. The summed E-state index contributed by atoms with van der Waals surface area (Å²) in [7, 11) is 0. The lowest BCUT2D eigenvalue weighted by Crippen LogP contribution is -2.09. The molecule has 3 nitrogen and oxygen atoms in total. The first-order valence-electron chi connectivity index (χ1n) is 6.01. The standard InChI is InChI=1S/C13H18N2O/c1-9-7-12(10(2)15-14-9)13(16)8-11-5-3-4-6-11/h7,11H,3-6,8H2,1-2H3. The predicted octanol–water partition coefficient (Wildman–Crippen LogP) is 2.86. The molecule has 0 spiro atoms. The Bertz CT molecular complexity index is 395. The van der Waals surface area contributed by atoms with Gasteiger partial charge in [-0.25, -0.2) is 0 Å². The summed E-state index contributed by atoms with van der Waals surface area (Å²) < 4.78 is 0. The maximum Gasteiger partial charge on any atom is 0.165 e. The van der Waals surface area contributed by atoms with Crippen molar-refractivity contribution in [2.45, 2.75) is 46.0 Å². The Morgan fingerprint density at radius 2 is 2.00 bits per heavy atom. The first-order valence-corrected chi connectivity index (χ1v) is 6.01. The minimum atomic E-state index is 0.238. The Kier molecular flexibility index (Phi) is 3.32. The molecular weight excluding hydrogens is 200 g/mol. The van der Waals surface area contributed by atoms with Gasteiger partial charge in [0.15, 0.2) is 5.78 Å². The van der Waals surface area contributed by atoms with E-state index in [-0.39, 0.29) is 5.78 Å². The monoisotopic (exact) mass is 218 g/mol. The van der Waals surface area contributed by atoms with Crippen LogP contribution in [-0.4, -0.2) is 16.0 Å². The Labute approximate surface area is 96.3 Å². The van der Waals surface area contributed by atoms with Gasteiger partial charge in [0.2, 0.25) is 0 Å². The lowest BCUT2D eigenvalue weighted by Gasteiger charge is -2.09. The van der Waals surface area contributed by atoms with Crippen LogP contribution in [0.4, 0.5) is 0 Å². The van der Waals surface area contributed by atoms with Gasteiger partial charge in [0, 0.05) is 12.0 Å². The first-order chi connectivity index (χ1) is 7.66. The Hall–Kier alpha value is -1.25. The summed E-state index contributed by atoms with van der Waals surface area (Å²) in [6.45, 7) is 3.73. The van der Waals surface area contributed by atoms with E-state index in [2.05, 4.69) is 10.2 Å². The minimum absolute atomic E-state index is 0.238. The van der Waals surface area contributed by atoms with E-state index in [1.807, 2.05) is 19.9 Å². The van der Waals surface area contributed by atoms with Crippen molar-refractivity contribution in [3.05, 3.63) is 23.0 Å². The highest BCUT2D eigenvalue weighted by atomic mass is 16.1. The average molecular weight is 218 g/mol. The zero-order chi connectivity index (χ0) is 11.5. The summed E-state index contributed by atoms with van der Waals surface area (Å²) in [5.74, 6) is 0.836. The number of rotatable bonds is 3. The highest BCUT2D eigenvalue weighted by Gasteiger charge is 2.20. The van der Waals surface area contributed by atoms with Gasteiger partial charge in [0.25, 0.3) is 0 Å². The number of Topliss-reactive ketones (excluding diaryl/α,β-unsaturated/α-hetero) is 1. The van der Waals surface area contributed by atoms with Crippen LogP contribution in [0.3, 0.4) is 0 Å². The number of ketones is 1. The van der Waals surface area contributed by atoms with E-state index in [4.69, 9.17) is 0 Å². The first kappa shape index (κ1) is 11.2. The van der Waals surface area contributed by atoms with Gasteiger partial charge in [0.1, 0.15) is 0 Å². The molecule has 0 bridgehead atoms. The Morgan fingerprint density at radius 3 is 2.69 bits per heavy atom. The normalized spacial score (nSPS) is 16.6. The van der Waals surface area contributed by atoms with Gasteiger partial charge in [-0.15, -0.1) is 0 Å². The summed E-state index contributed by atoms with van der Waals surface area (Å²) in [5.41, 5.74) is 2.34. The highest BCUT2D eigenvalue weighted by Crippen LogP contribution is 2.28. The number of nitrogens with zero attached hydrogens (tertiary/aromatic N) is 2. The maximum absolute atomic E-state index is 12.1. The summed E-state index contributed by atoms with van der Waals surface area (Å²) >= 11 is 0. The van der Waals surface area contributed by atoms with Crippen molar-refractivity contribution in [3.8, 4) is 0 Å². The average Bonchev–Trinajstić information content (AvgIpc) is 2.74. The van der Waals surface area contributed by atoms with Crippen molar-refractivity contribution in [2.75, 3.05) is 0 Å². The van der Waals surface area contributed by atoms with Gasteiger partial charge < -0.3 is 0 Å². The fourth-order valence-electron chi connectivity index (χ4n) is 2.42. The number of aryl methyl sites for hydroxylation is 2. The third kappa shape index (κ3) is 2.46. The van der Waals surface area contributed by atoms with Crippen LogP contribution in [-0.2, 0) is 0 Å². The van der Waals surface area contributed by atoms with Crippen LogP contribution >= 0.6 is 0 Å². The molecule has 0 unspecified atom stereocenters. The SMILES string of the molecule is Cc1cc(C(=O)CC2CCCC2)c(C)nn1. The molecule has 1 saturated carbocycles. The van der Waals surface area contributed by atoms with Crippen molar-refractivity contribution in [1.29, 1.82) is 0 Å². The van der Waals surface area contributed by atoms with Crippen LogP contribution in [0.1, 0.15) is 53.8 Å². The summed E-state index contributed by atoms with van der Waals surface area (Å²) in [4.78, 5) is 12.1. The molecule has 0 aromatic carbocycles. The van der Waals surface area contributed by atoms with E-state index in [0.29, 0.717) is 12.3 Å². The van der Waals surface area contributed by atoms with Crippen LogP contribution in [0, 0.1) is 19.8 Å². The van der Waals surface area contributed by atoms with Gasteiger partial charge in [-0.3, -0.25) is 4.79 Å². The molecule has 0 radical (unpaired) electrons. The molecule has 0 atom stereocenters. The number of aromatic nitrogens is 2. The predicted molar refractivity (Wildman–Crippen MR) is 62.4 cm³/mol. The molecule has 1 fully saturated rings. The second kappa shape index (κ2) is 4.73. The molecule has 0 N–H and O–H groups in total. The second-order valence-corrected chi connectivity index (χ2v) is 4.76. The Balaban J connectivity index is 2.10. The van der Waals surface area contributed by atoms with E-state index < -0.39 is 0 Å². The quantitative estimate of drug-likeness (QED) is 0.733. The molecule has 1 heterocycles. The van der Waals surface area contributed by atoms with Crippen molar-refractivity contribution in [3.63, 3.8) is 0 Å². The number of carbonyl (C=O) groups is 1. The van der Waals surface area contributed by atoms with E-state index in [9.17, 15) is 4.79 Å². The van der Waals surface area contributed by atoms with Crippen molar-refractivity contribution < 1.29 is 4.79 Å². The van der Waals surface area contributed by atoms with Crippen molar-refractivity contribution in [1.82, 2.24) is 10.2 Å². The van der Waals surface area contributed by atoms with Crippen LogP contribution < -0.4 is 0 Å². The number of hydrogen-bond donors (Lipinski definition) is 0. The molecule has 1 aliphatic rings. The molecule has 2 rings (SSSR count). The highest BCUT2D eigenvalue weighted by molar-refractivity contribution is 5.97. The topological polar surface area (TPSA) is 42.9 Å². The molecule has 0 aliphatic heterocycles. The molecule has 1 aromatic rings. The van der Waals surface area contributed by atoms with E-state index in [0.717, 1.165) is 17.0 Å². The van der Waals surface area contributed by atoms with Gasteiger partial charge in [0.05, 0.1) is 11.4 Å². The van der Waals surface area contributed by atoms with Crippen molar-refractivity contribution in [2.24, 2.45) is 5.92 Å². The summed E-state index contributed by atoms with van der Waals surface area (Å²) in [5, 5.41) is 7.95. The fourth-order valence-corrected chi connectivity index (χ4v) is 2.42.